The fraction of sp³-hybridized carbons (Fsp3) is 0.600. The van der Waals surface area contributed by atoms with Gasteiger partial charge in [0.2, 0.25) is 0 Å². The lowest BCUT2D eigenvalue weighted by Gasteiger charge is -2.29. The fourth-order valence-electron chi connectivity index (χ4n) is 2.84. The number of hydrogen-bond acceptors (Lipinski definition) is 2. The van der Waals surface area contributed by atoms with E-state index in [0.717, 1.165) is 22.7 Å². The third-order valence-electron chi connectivity index (χ3n) is 3.95. The van der Waals surface area contributed by atoms with Crippen LogP contribution in [0.3, 0.4) is 0 Å². The summed E-state index contributed by atoms with van der Waals surface area (Å²) in [6.45, 7) is 4.51. The SMILES string of the molecule is CCC1CCCCCN1Cc1ccc(Br)cc1N. The molecule has 0 radical (unpaired) electrons. The standard InChI is InChI=1S/C15H23BrN2/c1-2-14-6-4-3-5-9-18(14)11-12-7-8-13(16)10-15(12)17/h7-8,10,14H,2-6,9,11,17H2,1H3. The Balaban J connectivity index is 2.10. The van der Waals surface area contributed by atoms with Gasteiger partial charge < -0.3 is 5.73 Å². The summed E-state index contributed by atoms with van der Waals surface area (Å²) in [5, 5.41) is 0. The second-order valence-corrected chi connectivity index (χ2v) is 6.14. The molecular weight excluding hydrogens is 288 g/mol. The van der Waals surface area contributed by atoms with Crippen molar-refractivity contribution in [1.29, 1.82) is 0 Å². The number of rotatable bonds is 3. The summed E-state index contributed by atoms with van der Waals surface area (Å²) in [5.41, 5.74) is 8.28. The van der Waals surface area contributed by atoms with Crippen LogP contribution in [0.4, 0.5) is 5.69 Å². The van der Waals surface area contributed by atoms with Gasteiger partial charge >= 0.3 is 0 Å². The number of likely N-dealkylation sites (tertiary alicyclic amines) is 1. The first-order valence-corrected chi connectivity index (χ1v) is 7.78. The van der Waals surface area contributed by atoms with Crippen LogP contribution in [-0.4, -0.2) is 17.5 Å². The zero-order valence-corrected chi connectivity index (χ0v) is 12.7. The molecule has 0 spiro atoms. The molecule has 1 unspecified atom stereocenters. The first kappa shape index (κ1) is 13.9. The van der Waals surface area contributed by atoms with E-state index in [2.05, 4.69) is 39.9 Å². The van der Waals surface area contributed by atoms with E-state index in [4.69, 9.17) is 5.73 Å². The van der Waals surface area contributed by atoms with Gasteiger partial charge in [0.15, 0.2) is 0 Å². The molecule has 1 aromatic carbocycles. The number of nitrogen functional groups attached to an aromatic ring is 1. The lowest BCUT2D eigenvalue weighted by Crippen LogP contribution is -2.34. The van der Waals surface area contributed by atoms with E-state index in [1.807, 2.05) is 6.07 Å². The zero-order chi connectivity index (χ0) is 13.0. The van der Waals surface area contributed by atoms with Crippen molar-refractivity contribution in [2.24, 2.45) is 0 Å². The van der Waals surface area contributed by atoms with Crippen molar-refractivity contribution in [3.8, 4) is 0 Å². The van der Waals surface area contributed by atoms with Crippen LogP contribution in [0.1, 0.15) is 44.6 Å². The second kappa shape index (κ2) is 6.58. The van der Waals surface area contributed by atoms with Crippen LogP contribution in [0.15, 0.2) is 22.7 Å². The van der Waals surface area contributed by atoms with Gasteiger partial charge in [-0.15, -0.1) is 0 Å². The number of nitrogens with zero attached hydrogens (tertiary/aromatic N) is 1. The summed E-state index contributed by atoms with van der Waals surface area (Å²) < 4.78 is 1.06. The van der Waals surface area contributed by atoms with Gasteiger partial charge in [-0.05, 0) is 43.5 Å². The van der Waals surface area contributed by atoms with Gasteiger partial charge in [-0.2, -0.15) is 0 Å². The number of anilines is 1. The molecule has 0 bridgehead atoms. The molecule has 100 valence electrons. The zero-order valence-electron chi connectivity index (χ0n) is 11.2. The summed E-state index contributed by atoms with van der Waals surface area (Å²) in [5.74, 6) is 0. The van der Waals surface area contributed by atoms with E-state index in [-0.39, 0.29) is 0 Å². The smallest absolute Gasteiger partial charge is 0.0371 e. The number of benzene rings is 1. The molecule has 1 heterocycles. The quantitative estimate of drug-likeness (QED) is 0.848. The van der Waals surface area contributed by atoms with Crippen molar-refractivity contribution >= 4 is 21.6 Å². The molecular formula is C15H23BrN2. The van der Waals surface area contributed by atoms with Gasteiger partial charge in [0.25, 0.3) is 0 Å². The summed E-state index contributed by atoms with van der Waals surface area (Å²) in [7, 11) is 0. The van der Waals surface area contributed by atoms with Gasteiger partial charge in [0.05, 0.1) is 0 Å². The number of nitrogens with two attached hydrogens (primary N) is 1. The van der Waals surface area contributed by atoms with Crippen molar-refractivity contribution in [3.63, 3.8) is 0 Å². The Labute approximate surface area is 119 Å². The molecule has 18 heavy (non-hydrogen) atoms. The predicted molar refractivity (Wildman–Crippen MR) is 81.5 cm³/mol. The van der Waals surface area contributed by atoms with E-state index in [1.54, 1.807) is 0 Å². The molecule has 2 rings (SSSR count). The average Bonchev–Trinajstić information content (AvgIpc) is 2.57. The Bertz CT molecular complexity index is 392. The minimum atomic E-state index is 0.732. The lowest BCUT2D eigenvalue weighted by atomic mass is 10.1. The highest BCUT2D eigenvalue weighted by Gasteiger charge is 2.19. The molecule has 1 aromatic rings. The van der Waals surface area contributed by atoms with E-state index in [1.165, 1.54) is 44.2 Å². The van der Waals surface area contributed by atoms with E-state index < -0.39 is 0 Å². The van der Waals surface area contributed by atoms with Crippen LogP contribution in [0.2, 0.25) is 0 Å². The van der Waals surface area contributed by atoms with Gasteiger partial charge in [-0.1, -0.05) is 41.8 Å². The minimum absolute atomic E-state index is 0.732. The highest BCUT2D eigenvalue weighted by molar-refractivity contribution is 9.10. The Morgan fingerprint density at radius 1 is 1.33 bits per heavy atom. The average molecular weight is 311 g/mol. The fourth-order valence-corrected chi connectivity index (χ4v) is 3.21. The van der Waals surface area contributed by atoms with Crippen molar-refractivity contribution < 1.29 is 0 Å². The molecule has 2 nitrogen and oxygen atoms in total. The third kappa shape index (κ3) is 3.48. The Morgan fingerprint density at radius 3 is 2.89 bits per heavy atom. The van der Waals surface area contributed by atoms with Crippen LogP contribution < -0.4 is 5.73 Å². The topological polar surface area (TPSA) is 29.3 Å². The molecule has 3 heteroatoms. The molecule has 0 aliphatic carbocycles. The monoisotopic (exact) mass is 310 g/mol. The Hall–Kier alpha value is -0.540. The third-order valence-corrected chi connectivity index (χ3v) is 4.44. The Morgan fingerprint density at radius 2 is 2.17 bits per heavy atom. The van der Waals surface area contributed by atoms with Crippen molar-refractivity contribution in [3.05, 3.63) is 28.2 Å². The maximum Gasteiger partial charge on any atom is 0.0371 e. The lowest BCUT2D eigenvalue weighted by molar-refractivity contribution is 0.186. The maximum atomic E-state index is 6.11. The summed E-state index contributed by atoms with van der Waals surface area (Å²) >= 11 is 3.47. The van der Waals surface area contributed by atoms with Crippen molar-refractivity contribution in [1.82, 2.24) is 4.90 Å². The summed E-state index contributed by atoms with van der Waals surface area (Å²) in [6.07, 6.45) is 6.67. The molecule has 0 amide bonds. The van der Waals surface area contributed by atoms with Crippen LogP contribution >= 0.6 is 15.9 Å². The van der Waals surface area contributed by atoms with E-state index in [9.17, 15) is 0 Å². The first-order valence-electron chi connectivity index (χ1n) is 6.98. The molecule has 0 aromatic heterocycles. The normalized spacial score (nSPS) is 21.8. The van der Waals surface area contributed by atoms with Crippen LogP contribution in [0, 0.1) is 0 Å². The molecule has 1 fully saturated rings. The molecule has 1 aliphatic heterocycles. The van der Waals surface area contributed by atoms with Gasteiger partial charge in [0.1, 0.15) is 0 Å². The van der Waals surface area contributed by atoms with Crippen LogP contribution in [0.25, 0.3) is 0 Å². The summed E-state index contributed by atoms with van der Waals surface area (Å²) in [4.78, 5) is 2.62. The number of halogens is 1. The van der Waals surface area contributed by atoms with E-state index in [0.29, 0.717) is 0 Å². The predicted octanol–water partition coefficient (Wildman–Crippen LogP) is 4.19. The largest absolute Gasteiger partial charge is 0.398 e. The van der Waals surface area contributed by atoms with Gasteiger partial charge in [0, 0.05) is 22.7 Å². The molecule has 1 saturated heterocycles. The van der Waals surface area contributed by atoms with Crippen LogP contribution in [-0.2, 0) is 6.54 Å². The Kier molecular flexibility index (Phi) is 5.07. The second-order valence-electron chi connectivity index (χ2n) is 5.23. The van der Waals surface area contributed by atoms with Gasteiger partial charge in [-0.3, -0.25) is 4.90 Å². The molecule has 2 N–H and O–H groups in total. The first-order chi connectivity index (χ1) is 8.70. The maximum absolute atomic E-state index is 6.11. The highest BCUT2D eigenvalue weighted by Crippen LogP contribution is 2.25. The molecule has 0 saturated carbocycles. The van der Waals surface area contributed by atoms with Crippen molar-refractivity contribution in [2.45, 2.75) is 51.6 Å². The molecule has 1 atom stereocenters. The molecule has 1 aliphatic rings. The summed E-state index contributed by atoms with van der Waals surface area (Å²) in [6, 6.07) is 6.98. The van der Waals surface area contributed by atoms with Crippen molar-refractivity contribution in [2.75, 3.05) is 12.3 Å². The highest BCUT2D eigenvalue weighted by atomic mass is 79.9. The van der Waals surface area contributed by atoms with Gasteiger partial charge in [-0.25, -0.2) is 0 Å². The van der Waals surface area contributed by atoms with Crippen LogP contribution in [0.5, 0.6) is 0 Å². The van der Waals surface area contributed by atoms with E-state index >= 15 is 0 Å². The number of hydrogen-bond donors (Lipinski definition) is 1. The minimum Gasteiger partial charge on any atom is -0.398 e.